The van der Waals surface area contributed by atoms with Crippen molar-refractivity contribution in [3.63, 3.8) is 0 Å². The Morgan fingerprint density at radius 1 is 1.10 bits per heavy atom. The molecule has 110 valence electrons. The second kappa shape index (κ2) is 6.37. The SMILES string of the molecule is Cc1cc(F)cc(NC(=O)Nc2ccc(C(C)O)cc2)c1. The summed E-state index contributed by atoms with van der Waals surface area (Å²) < 4.78 is 13.2. The number of aliphatic hydroxyl groups is 1. The molecule has 0 saturated carbocycles. The van der Waals surface area contributed by atoms with Crippen molar-refractivity contribution in [2.75, 3.05) is 10.6 Å². The highest BCUT2D eigenvalue weighted by atomic mass is 19.1. The molecule has 0 bridgehead atoms. The molecule has 0 saturated heterocycles. The fourth-order valence-corrected chi connectivity index (χ4v) is 1.95. The predicted octanol–water partition coefficient (Wildman–Crippen LogP) is 3.83. The number of hydrogen-bond donors (Lipinski definition) is 3. The van der Waals surface area contributed by atoms with Crippen molar-refractivity contribution in [1.82, 2.24) is 0 Å². The van der Waals surface area contributed by atoms with Gasteiger partial charge in [-0.3, -0.25) is 0 Å². The molecule has 1 unspecified atom stereocenters. The van der Waals surface area contributed by atoms with E-state index >= 15 is 0 Å². The number of carbonyl (C=O) groups excluding carboxylic acids is 1. The number of benzene rings is 2. The van der Waals surface area contributed by atoms with Crippen molar-refractivity contribution >= 4 is 17.4 Å². The molecule has 2 aromatic carbocycles. The third-order valence-corrected chi connectivity index (χ3v) is 2.95. The minimum Gasteiger partial charge on any atom is -0.389 e. The summed E-state index contributed by atoms with van der Waals surface area (Å²) in [5, 5.41) is 14.6. The number of halogens is 1. The molecule has 2 amide bonds. The number of carbonyl (C=O) groups is 1. The van der Waals surface area contributed by atoms with Gasteiger partial charge < -0.3 is 15.7 Å². The van der Waals surface area contributed by atoms with E-state index in [0.717, 1.165) is 11.1 Å². The molecule has 0 fully saturated rings. The van der Waals surface area contributed by atoms with Crippen LogP contribution in [0, 0.1) is 12.7 Å². The van der Waals surface area contributed by atoms with Crippen molar-refractivity contribution in [2.24, 2.45) is 0 Å². The lowest BCUT2D eigenvalue weighted by Crippen LogP contribution is -2.19. The smallest absolute Gasteiger partial charge is 0.323 e. The molecule has 2 rings (SSSR count). The van der Waals surface area contributed by atoms with Crippen LogP contribution < -0.4 is 10.6 Å². The summed E-state index contributed by atoms with van der Waals surface area (Å²) in [4.78, 5) is 11.8. The Kier molecular flexibility index (Phi) is 4.55. The number of hydrogen-bond acceptors (Lipinski definition) is 2. The topological polar surface area (TPSA) is 61.4 Å². The first-order valence-corrected chi connectivity index (χ1v) is 6.57. The Hall–Kier alpha value is -2.40. The Morgan fingerprint density at radius 2 is 1.71 bits per heavy atom. The van der Waals surface area contributed by atoms with Crippen LogP contribution in [0.25, 0.3) is 0 Å². The van der Waals surface area contributed by atoms with E-state index < -0.39 is 18.0 Å². The highest BCUT2D eigenvalue weighted by Gasteiger charge is 2.05. The summed E-state index contributed by atoms with van der Waals surface area (Å²) in [6.07, 6.45) is -0.553. The van der Waals surface area contributed by atoms with E-state index in [4.69, 9.17) is 0 Å². The summed E-state index contributed by atoms with van der Waals surface area (Å²) in [6.45, 7) is 3.42. The van der Waals surface area contributed by atoms with E-state index in [0.29, 0.717) is 11.4 Å². The van der Waals surface area contributed by atoms with Gasteiger partial charge in [-0.25, -0.2) is 9.18 Å². The average Bonchev–Trinajstić information content (AvgIpc) is 2.37. The zero-order chi connectivity index (χ0) is 15.4. The molecule has 21 heavy (non-hydrogen) atoms. The van der Waals surface area contributed by atoms with Gasteiger partial charge in [0, 0.05) is 11.4 Å². The molecule has 0 aliphatic carbocycles. The lowest BCUT2D eigenvalue weighted by atomic mass is 10.1. The van der Waals surface area contributed by atoms with E-state index in [1.807, 2.05) is 0 Å². The monoisotopic (exact) mass is 288 g/mol. The maximum atomic E-state index is 13.2. The minimum atomic E-state index is -0.553. The van der Waals surface area contributed by atoms with Gasteiger partial charge in [0.05, 0.1) is 6.10 Å². The van der Waals surface area contributed by atoms with Gasteiger partial charge in [-0.15, -0.1) is 0 Å². The maximum absolute atomic E-state index is 13.2. The second-order valence-electron chi connectivity index (χ2n) is 4.89. The normalized spacial score (nSPS) is 11.8. The van der Waals surface area contributed by atoms with E-state index in [1.165, 1.54) is 12.1 Å². The van der Waals surface area contributed by atoms with Gasteiger partial charge in [-0.2, -0.15) is 0 Å². The Morgan fingerprint density at radius 3 is 2.29 bits per heavy atom. The Bertz CT molecular complexity index is 619. The fraction of sp³-hybridized carbons (Fsp3) is 0.188. The minimum absolute atomic E-state index is 0.394. The zero-order valence-electron chi connectivity index (χ0n) is 11.9. The van der Waals surface area contributed by atoms with Crippen molar-refractivity contribution < 1.29 is 14.3 Å². The zero-order valence-corrected chi connectivity index (χ0v) is 11.9. The largest absolute Gasteiger partial charge is 0.389 e. The standard InChI is InChI=1S/C16H17FN2O2/c1-10-7-13(17)9-15(8-10)19-16(21)18-14-5-3-12(4-6-14)11(2)20/h3-9,11,20H,1-2H3,(H2,18,19,21). The van der Waals surface area contributed by atoms with Crippen LogP contribution in [0.3, 0.4) is 0 Å². The van der Waals surface area contributed by atoms with Crippen LogP contribution in [0.2, 0.25) is 0 Å². The van der Waals surface area contributed by atoms with Gasteiger partial charge >= 0.3 is 6.03 Å². The summed E-state index contributed by atoms with van der Waals surface area (Å²) in [7, 11) is 0. The number of aryl methyl sites for hydroxylation is 1. The van der Waals surface area contributed by atoms with E-state index in [-0.39, 0.29) is 0 Å². The maximum Gasteiger partial charge on any atom is 0.323 e. The molecule has 3 N–H and O–H groups in total. The average molecular weight is 288 g/mol. The number of rotatable bonds is 3. The van der Waals surface area contributed by atoms with Crippen molar-refractivity contribution in [2.45, 2.75) is 20.0 Å². The summed E-state index contributed by atoms with van der Waals surface area (Å²) in [5.74, 6) is -0.397. The fourth-order valence-electron chi connectivity index (χ4n) is 1.95. The molecule has 0 heterocycles. The van der Waals surface area contributed by atoms with Gasteiger partial charge in [0.25, 0.3) is 0 Å². The summed E-state index contributed by atoms with van der Waals surface area (Å²) in [6, 6.07) is 10.7. The van der Waals surface area contributed by atoms with Gasteiger partial charge in [0.2, 0.25) is 0 Å². The molecule has 2 aromatic rings. The highest BCUT2D eigenvalue weighted by molar-refractivity contribution is 5.99. The second-order valence-corrected chi connectivity index (χ2v) is 4.89. The molecule has 0 aliphatic heterocycles. The highest BCUT2D eigenvalue weighted by Crippen LogP contribution is 2.17. The van der Waals surface area contributed by atoms with Crippen molar-refractivity contribution in [1.29, 1.82) is 0 Å². The number of aliphatic hydroxyl groups excluding tert-OH is 1. The molecule has 0 spiro atoms. The van der Waals surface area contributed by atoms with Crippen molar-refractivity contribution in [3.05, 3.63) is 59.4 Å². The number of urea groups is 1. The first-order valence-electron chi connectivity index (χ1n) is 6.57. The summed E-state index contributed by atoms with van der Waals surface area (Å²) >= 11 is 0. The lowest BCUT2D eigenvalue weighted by molar-refractivity contribution is 0.199. The van der Waals surface area contributed by atoms with Crippen LogP contribution in [0.5, 0.6) is 0 Å². The summed E-state index contributed by atoms with van der Waals surface area (Å²) in [5.41, 5.74) is 2.48. The third kappa shape index (κ3) is 4.29. The molecule has 1 atom stereocenters. The van der Waals surface area contributed by atoms with E-state index in [2.05, 4.69) is 10.6 Å². The van der Waals surface area contributed by atoms with Gasteiger partial charge in [-0.05, 0) is 55.3 Å². The van der Waals surface area contributed by atoms with Crippen LogP contribution in [0.1, 0.15) is 24.2 Å². The predicted molar refractivity (Wildman–Crippen MR) is 80.9 cm³/mol. The van der Waals surface area contributed by atoms with Crippen LogP contribution in [0.4, 0.5) is 20.6 Å². The quantitative estimate of drug-likeness (QED) is 0.803. The first-order chi connectivity index (χ1) is 9.94. The van der Waals surface area contributed by atoms with Crippen LogP contribution >= 0.6 is 0 Å². The van der Waals surface area contributed by atoms with Crippen LogP contribution in [-0.2, 0) is 0 Å². The van der Waals surface area contributed by atoms with Gasteiger partial charge in [0.15, 0.2) is 0 Å². The van der Waals surface area contributed by atoms with Crippen LogP contribution in [-0.4, -0.2) is 11.1 Å². The Balaban J connectivity index is 2.01. The van der Waals surface area contributed by atoms with Gasteiger partial charge in [0.1, 0.15) is 5.82 Å². The number of anilines is 2. The van der Waals surface area contributed by atoms with E-state index in [1.54, 1.807) is 44.2 Å². The molecule has 4 nitrogen and oxygen atoms in total. The van der Waals surface area contributed by atoms with E-state index in [9.17, 15) is 14.3 Å². The number of nitrogens with one attached hydrogen (secondary N) is 2. The molecular weight excluding hydrogens is 271 g/mol. The third-order valence-electron chi connectivity index (χ3n) is 2.95. The Labute approximate surface area is 122 Å². The molecular formula is C16H17FN2O2. The molecule has 5 heteroatoms. The number of amides is 2. The van der Waals surface area contributed by atoms with Crippen molar-refractivity contribution in [3.8, 4) is 0 Å². The molecule has 0 aliphatic rings. The first kappa shape index (κ1) is 15.0. The van der Waals surface area contributed by atoms with Gasteiger partial charge in [-0.1, -0.05) is 12.1 Å². The molecule has 0 aromatic heterocycles. The van der Waals surface area contributed by atoms with Crippen LogP contribution in [0.15, 0.2) is 42.5 Å². The lowest BCUT2D eigenvalue weighted by Gasteiger charge is -2.10. The molecule has 0 radical (unpaired) electrons.